The van der Waals surface area contributed by atoms with Gasteiger partial charge in [-0.3, -0.25) is 15.0 Å². The zero-order valence-electron chi connectivity index (χ0n) is 16.0. The number of piperazine rings is 1. The van der Waals surface area contributed by atoms with Crippen LogP contribution in [0.1, 0.15) is 23.0 Å². The molecular weight excluding hydrogens is 344 g/mol. The van der Waals surface area contributed by atoms with Crippen molar-refractivity contribution in [3.05, 3.63) is 47.5 Å². The predicted octanol–water partition coefficient (Wildman–Crippen LogP) is 1.33. The highest BCUT2D eigenvalue weighted by atomic mass is 16.2. The average molecular weight is 370 g/mol. The van der Waals surface area contributed by atoms with Gasteiger partial charge in [-0.15, -0.1) is 0 Å². The molecule has 8 heteroatoms. The van der Waals surface area contributed by atoms with Gasteiger partial charge in [-0.25, -0.2) is 9.78 Å². The number of aromatic nitrogens is 2. The number of nitrogens with zero attached hydrogens (tertiary/aromatic N) is 3. The quantitative estimate of drug-likeness (QED) is 0.755. The van der Waals surface area contributed by atoms with Gasteiger partial charge < -0.3 is 15.2 Å². The lowest BCUT2D eigenvalue weighted by Gasteiger charge is -2.35. The van der Waals surface area contributed by atoms with Gasteiger partial charge in [0, 0.05) is 44.8 Å². The Hall–Kier alpha value is -2.71. The third-order valence-corrected chi connectivity index (χ3v) is 4.74. The van der Waals surface area contributed by atoms with Crippen LogP contribution in [0, 0.1) is 13.8 Å². The highest BCUT2D eigenvalue weighted by Crippen LogP contribution is 2.20. The highest BCUT2D eigenvalue weighted by Gasteiger charge is 2.28. The predicted molar refractivity (Wildman–Crippen MR) is 103 cm³/mol. The van der Waals surface area contributed by atoms with Crippen LogP contribution in [0.5, 0.6) is 0 Å². The number of rotatable bonds is 4. The van der Waals surface area contributed by atoms with E-state index in [1.165, 1.54) is 0 Å². The zero-order valence-corrected chi connectivity index (χ0v) is 16.0. The Morgan fingerprint density at radius 2 is 2.15 bits per heavy atom. The van der Waals surface area contributed by atoms with Crippen LogP contribution < -0.4 is 16.0 Å². The third kappa shape index (κ3) is 4.72. The van der Waals surface area contributed by atoms with E-state index in [1.54, 1.807) is 6.20 Å². The highest BCUT2D eigenvalue weighted by molar-refractivity contribution is 6.02. The number of imidazole rings is 1. The summed E-state index contributed by atoms with van der Waals surface area (Å²) in [5.41, 5.74) is 2.77. The molecule has 0 spiro atoms. The van der Waals surface area contributed by atoms with Crippen molar-refractivity contribution in [2.75, 3.05) is 31.5 Å². The molecule has 1 atom stereocenters. The van der Waals surface area contributed by atoms with Gasteiger partial charge in [0.25, 0.3) is 0 Å². The van der Waals surface area contributed by atoms with E-state index in [0.29, 0.717) is 18.8 Å². The van der Waals surface area contributed by atoms with E-state index < -0.39 is 6.03 Å². The number of carbonyl (C=O) groups is 2. The van der Waals surface area contributed by atoms with Crippen LogP contribution in [-0.2, 0) is 11.8 Å². The normalized spacial score (nSPS) is 17.5. The molecule has 3 N–H and O–H groups in total. The first-order valence-electron chi connectivity index (χ1n) is 9.04. The standard InChI is InChI=1S/C19H26N6O2/c1-13-4-5-15(14(2)10-13)22-19(27)23-17(26)12-25-9-6-20-11-16(25)18-21-7-8-24(18)3/h4-5,7-8,10,16,20H,6,9,11-12H2,1-3H3,(H2,22,23,26,27). The van der Waals surface area contributed by atoms with Crippen molar-refractivity contribution in [3.8, 4) is 0 Å². The lowest BCUT2D eigenvalue weighted by molar-refractivity contribution is -0.121. The van der Waals surface area contributed by atoms with E-state index >= 15 is 0 Å². The summed E-state index contributed by atoms with van der Waals surface area (Å²) in [5.74, 6) is 0.563. The van der Waals surface area contributed by atoms with Gasteiger partial charge in [-0.1, -0.05) is 17.7 Å². The minimum absolute atomic E-state index is 0.00750. The first-order chi connectivity index (χ1) is 12.9. The summed E-state index contributed by atoms with van der Waals surface area (Å²) in [4.78, 5) is 31.0. The van der Waals surface area contributed by atoms with Crippen molar-refractivity contribution in [1.82, 2.24) is 25.1 Å². The average Bonchev–Trinajstić information content (AvgIpc) is 3.03. The first kappa shape index (κ1) is 19.1. The number of amides is 3. The van der Waals surface area contributed by atoms with Crippen LogP contribution in [0.2, 0.25) is 0 Å². The van der Waals surface area contributed by atoms with Crippen LogP contribution in [-0.4, -0.2) is 52.6 Å². The van der Waals surface area contributed by atoms with Gasteiger partial charge in [-0.2, -0.15) is 0 Å². The second-order valence-corrected chi connectivity index (χ2v) is 6.91. The Kier molecular flexibility index (Phi) is 5.88. The van der Waals surface area contributed by atoms with Crippen molar-refractivity contribution in [1.29, 1.82) is 0 Å². The maximum atomic E-state index is 12.4. The van der Waals surface area contributed by atoms with Gasteiger partial charge >= 0.3 is 6.03 Å². The molecule has 1 fully saturated rings. The van der Waals surface area contributed by atoms with Crippen LogP contribution in [0.4, 0.5) is 10.5 Å². The minimum atomic E-state index is -0.518. The maximum Gasteiger partial charge on any atom is 0.325 e. The number of carbonyl (C=O) groups excluding carboxylic acids is 2. The van der Waals surface area contributed by atoms with Crippen LogP contribution >= 0.6 is 0 Å². The molecule has 0 bridgehead atoms. The summed E-state index contributed by atoms with van der Waals surface area (Å²) >= 11 is 0. The summed E-state index contributed by atoms with van der Waals surface area (Å²) in [6, 6.07) is 5.21. The molecule has 0 saturated carbocycles. The Balaban J connectivity index is 1.58. The van der Waals surface area contributed by atoms with E-state index in [2.05, 4.69) is 20.9 Å². The molecule has 1 saturated heterocycles. The summed E-state index contributed by atoms with van der Waals surface area (Å²) in [7, 11) is 1.94. The van der Waals surface area contributed by atoms with Crippen molar-refractivity contribution in [2.45, 2.75) is 19.9 Å². The molecule has 1 aromatic heterocycles. The molecule has 0 radical (unpaired) electrons. The van der Waals surface area contributed by atoms with E-state index in [-0.39, 0.29) is 18.5 Å². The molecule has 27 heavy (non-hydrogen) atoms. The third-order valence-electron chi connectivity index (χ3n) is 4.74. The Morgan fingerprint density at radius 3 is 2.85 bits per heavy atom. The Bertz CT molecular complexity index is 831. The Morgan fingerprint density at radius 1 is 1.33 bits per heavy atom. The number of anilines is 1. The zero-order chi connectivity index (χ0) is 19.4. The largest absolute Gasteiger partial charge is 0.337 e. The molecular formula is C19H26N6O2. The first-order valence-corrected chi connectivity index (χ1v) is 9.04. The molecule has 144 valence electrons. The fraction of sp³-hybridized carbons (Fsp3) is 0.421. The monoisotopic (exact) mass is 370 g/mol. The van der Waals surface area contributed by atoms with Crippen molar-refractivity contribution >= 4 is 17.6 Å². The van der Waals surface area contributed by atoms with E-state index in [0.717, 1.165) is 23.5 Å². The van der Waals surface area contributed by atoms with E-state index in [4.69, 9.17) is 0 Å². The summed E-state index contributed by atoms with van der Waals surface area (Å²) in [5, 5.41) is 8.49. The number of benzene rings is 1. The molecule has 3 rings (SSSR count). The van der Waals surface area contributed by atoms with Gasteiger partial charge in [0.05, 0.1) is 12.6 Å². The topological polar surface area (TPSA) is 91.3 Å². The molecule has 2 aromatic rings. The SMILES string of the molecule is Cc1ccc(NC(=O)NC(=O)CN2CCNCC2c2nccn2C)c(C)c1. The molecule has 1 aliphatic rings. The fourth-order valence-electron chi connectivity index (χ4n) is 3.35. The fourth-order valence-corrected chi connectivity index (χ4v) is 3.35. The summed E-state index contributed by atoms with van der Waals surface area (Å²) in [6.07, 6.45) is 3.64. The number of hydrogen-bond acceptors (Lipinski definition) is 5. The number of nitrogens with one attached hydrogen (secondary N) is 3. The number of hydrogen-bond donors (Lipinski definition) is 3. The van der Waals surface area contributed by atoms with Gasteiger partial charge in [0.15, 0.2) is 0 Å². The molecule has 8 nitrogen and oxygen atoms in total. The van der Waals surface area contributed by atoms with Crippen molar-refractivity contribution < 1.29 is 9.59 Å². The minimum Gasteiger partial charge on any atom is -0.337 e. The number of imide groups is 1. The maximum absolute atomic E-state index is 12.4. The molecule has 1 aliphatic heterocycles. The molecule has 2 heterocycles. The lowest BCUT2D eigenvalue weighted by atomic mass is 10.1. The van der Waals surface area contributed by atoms with Gasteiger partial charge in [0.1, 0.15) is 5.82 Å². The smallest absolute Gasteiger partial charge is 0.325 e. The van der Waals surface area contributed by atoms with Gasteiger partial charge in [-0.05, 0) is 25.5 Å². The van der Waals surface area contributed by atoms with Crippen LogP contribution in [0.3, 0.4) is 0 Å². The van der Waals surface area contributed by atoms with Crippen molar-refractivity contribution in [2.24, 2.45) is 7.05 Å². The van der Waals surface area contributed by atoms with Crippen LogP contribution in [0.15, 0.2) is 30.6 Å². The number of aryl methyl sites for hydroxylation is 3. The van der Waals surface area contributed by atoms with Crippen molar-refractivity contribution in [3.63, 3.8) is 0 Å². The molecule has 0 aliphatic carbocycles. The second-order valence-electron chi connectivity index (χ2n) is 6.91. The number of urea groups is 1. The Labute approximate surface area is 159 Å². The summed E-state index contributed by atoms with van der Waals surface area (Å²) < 4.78 is 1.95. The summed E-state index contributed by atoms with van der Waals surface area (Å²) in [6.45, 7) is 6.27. The molecule has 3 amide bonds. The van der Waals surface area contributed by atoms with Crippen LogP contribution in [0.25, 0.3) is 0 Å². The van der Waals surface area contributed by atoms with Gasteiger partial charge in [0.2, 0.25) is 5.91 Å². The van der Waals surface area contributed by atoms with E-state index in [1.807, 2.05) is 54.8 Å². The lowest BCUT2D eigenvalue weighted by Crippen LogP contribution is -2.51. The van der Waals surface area contributed by atoms with E-state index in [9.17, 15) is 9.59 Å². The molecule has 1 aromatic carbocycles. The molecule has 1 unspecified atom stereocenters. The second kappa shape index (κ2) is 8.32.